The lowest BCUT2D eigenvalue weighted by molar-refractivity contribution is 0.631. The molecule has 0 radical (unpaired) electrons. The molecular formula is C39H35F. The Hall–Kier alpha value is -4.23. The predicted octanol–water partition coefficient (Wildman–Crippen LogP) is 10.6. The number of rotatable bonds is 7. The van der Waals surface area contributed by atoms with Crippen molar-refractivity contribution in [3.05, 3.63) is 173 Å². The third kappa shape index (κ3) is 5.05. The third-order valence-corrected chi connectivity index (χ3v) is 8.60. The summed E-state index contributed by atoms with van der Waals surface area (Å²) in [4.78, 5) is 0. The molecule has 0 fully saturated rings. The largest absolute Gasteiger partial charge is 0.207 e. The Kier molecular flexibility index (Phi) is 7.47. The van der Waals surface area contributed by atoms with Crippen LogP contribution in [0.25, 0.3) is 16.3 Å². The van der Waals surface area contributed by atoms with Crippen molar-refractivity contribution in [2.45, 2.75) is 44.4 Å². The van der Waals surface area contributed by atoms with Crippen LogP contribution in [-0.4, -0.2) is 0 Å². The molecule has 1 atom stereocenters. The van der Waals surface area contributed by atoms with Gasteiger partial charge >= 0.3 is 0 Å². The van der Waals surface area contributed by atoms with E-state index in [2.05, 4.69) is 98.0 Å². The molecule has 40 heavy (non-hydrogen) atoms. The molecule has 0 saturated heterocycles. The van der Waals surface area contributed by atoms with Gasteiger partial charge in [0, 0.05) is 5.41 Å². The van der Waals surface area contributed by atoms with Gasteiger partial charge in [0.05, 0.1) is 0 Å². The molecule has 4 aromatic rings. The zero-order chi connectivity index (χ0) is 27.4. The Morgan fingerprint density at radius 2 is 1.52 bits per heavy atom. The molecule has 0 aliphatic heterocycles. The first-order valence-corrected chi connectivity index (χ1v) is 14.4. The monoisotopic (exact) mass is 522 g/mol. The van der Waals surface area contributed by atoms with E-state index in [9.17, 15) is 0 Å². The minimum absolute atomic E-state index is 0.105. The minimum Gasteiger partial charge on any atom is -0.207 e. The molecule has 0 bridgehead atoms. The number of allylic oxidation sites excluding steroid dienone is 10. The number of benzene rings is 4. The molecule has 198 valence electrons. The Bertz CT molecular complexity index is 1660. The molecule has 0 aromatic heterocycles. The van der Waals surface area contributed by atoms with Gasteiger partial charge in [-0.3, -0.25) is 0 Å². The normalized spacial score (nSPS) is 17.1. The summed E-state index contributed by atoms with van der Waals surface area (Å²) in [6.07, 6.45) is 16.9. The van der Waals surface area contributed by atoms with Crippen LogP contribution in [0.4, 0.5) is 4.39 Å². The minimum atomic E-state index is -0.298. The smallest absolute Gasteiger partial charge is 0.122 e. The van der Waals surface area contributed by atoms with Crippen molar-refractivity contribution in [2.75, 3.05) is 0 Å². The quantitative estimate of drug-likeness (QED) is 0.226. The first kappa shape index (κ1) is 26.0. The Labute approximate surface area is 237 Å². The van der Waals surface area contributed by atoms with E-state index >= 15 is 4.39 Å². The van der Waals surface area contributed by atoms with E-state index < -0.39 is 0 Å². The summed E-state index contributed by atoms with van der Waals surface area (Å²) in [6.45, 7) is 2.40. The van der Waals surface area contributed by atoms with Gasteiger partial charge in [-0.1, -0.05) is 133 Å². The van der Waals surface area contributed by atoms with E-state index in [1.807, 2.05) is 36.4 Å². The maximum atomic E-state index is 15.2. The summed E-state index contributed by atoms with van der Waals surface area (Å²) in [5.74, 6) is -0.105. The van der Waals surface area contributed by atoms with Gasteiger partial charge in [-0.05, 0) is 89.3 Å². The predicted molar refractivity (Wildman–Crippen MR) is 168 cm³/mol. The van der Waals surface area contributed by atoms with Gasteiger partial charge in [-0.15, -0.1) is 0 Å². The summed E-state index contributed by atoms with van der Waals surface area (Å²) in [5.41, 5.74) is 8.23. The van der Waals surface area contributed by atoms with Crippen LogP contribution >= 0.6 is 0 Å². The number of halogens is 1. The SMILES string of the molecule is CC(C1=CC=CCC1)(c1ccccc1)c1c(C2=CC=C(/C(F)=C/Cc3ccccc3)CC2)ccc2ccccc12. The molecule has 2 aliphatic carbocycles. The highest BCUT2D eigenvalue weighted by Gasteiger charge is 2.37. The van der Waals surface area contributed by atoms with Gasteiger partial charge in [0.15, 0.2) is 0 Å². The van der Waals surface area contributed by atoms with Gasteiger partial charge in [-0.25, -0.2) is 4.39 Å². The molecule has 4 aromatic carbocycles. The van der Waals surface area contributed by atoms with E-state index in [1.54, 1.807) is 6.08 Å². The molecule has 1 unspecified atom stereocenters. The van der Waals surface area contributed by atoms with Crippen LogP contribution in [-0.2, 0) is 11.8 Å². The maximum absolute atomic E-state index is 15.2. The molecule has 0 N–H and O–H groups in total. The highest BCUT2D eigenvalue weighted by atomic mass is 19.1. The van der Waals surface area contributed by atoms with Gasteiger partial charge < -0.3 is 0 Å². The Balaban J connectivity index is 1.47. The summed E-state index contributed by atoms with van der Waals surface area (Å²) in [5, 5.41) is 2.53. The lowest BCUT2D eigenvalue weighted by atomic mass is 9.65. The molecule has 0 nitrogen and oxygen atoms in total. The fourth-order valence-corrected chi connectivity index (χ4v) is 6.37. The van der Waals surface area contributed by atoms with E-state index in [0.29, 0.717) is 12.8 Å². The second-order valence-corrected chi connectivity index (χ2v) is 11.0. The molecule has 6 rings (SSSR count). The molecule has 0 saturated carbocycles. The molecular weight excluding hydrogens is 487 g/mol. The average molecular weight is 523 g/mol. The van der Waals surface area contributed by atoms with Crippen molar-refractivity contribution in [1.29, 1.82) is 0 Å². The molecule has 2 aliphatic rings. The third-order valence-electron chi connectivity index (χ3n) is 8.60. The second-order valence-electron chi connectivity index (χ2n) is 11.0. The van der Waals surface area contributed by atoms with Crippen LogP contribution in [0.3, 0.4) is 0 Å². The lowest BCUT2D eigenvalue weighted by Crippen LogP contribution is -2.29. The highest BCUT2D eigenvalue weighted by Crippen LogP contribution is 2.48. The van der Waals surface area contributed by atoms with E-state index in [1.165, 1.54) is 38.6 Å². The summed E-state index contributed by atoms with van der Waals surface area (Å²) < 4.78 is 15.2. The highest BCUT2D eigenvalue weighted by molar-refractivity contribution is 5.93. The summed E-state index contributed by atoms with van der Waals surface area (Å²) in [6, 6.07) is 34.3. The molecule has 0 spiro atoms. The van der Waals surface area contributed by atoms with Crippen LogP contribution in [0.15, 0.2) is 150 Å². The van der Waals surface area contributed by atoms with Crippen LogP contribution in [0.1, 0.15) is 54.9 Å². The molecule has 0 amide bonds. The van der Waals surface area contributed by atoms with Crippen molar-refractivity contribution in [3.8, 4) is 0 Å². The first-order chi connectivity index (χ1) is 19.6. The van der Waals surface area contributed by atoms with Crippen LogP contribution < -0.4 is 0 Å². The van der Waals surface area contributed by atoms with Crippen LogP contribution in [0, 0.1) is 0 Å². The lowest BCUT2D eigenvalue weighted by Gasteiger charge is -2.38. The standard InChI is InChI=1S/C39H35F/c1-39(33-16-7-3-8-17-33,34-18-9-4-10-19-34)38-35-20-12-11-15-30(35)26-27-36(38)31-22-24-32(25-23-31)37(40)28-21-29-13-5-2-6-14-29/h2-9,11-18,20,22,24,26-28H,10,19,21,23,25H2,1H3/b37-28-. The Morgan fingerprint density at radius 3 is 2.25 bits per heavy atom. The van der Waals surface area contributed by atoms with Crippen molar-refractivity contribution >= 4 is 16.3 Å². The number of hydrogen-bond donors (Lipinski definition) is 0. The maximum Gasteiger partial charge on any atom is 0.122 e. The Morgan fingerprint density at radius 1 is 0.775 bits per heavy atom. The molecule has 0 heterocycles. The van der Waals surface area contributed by atoms with Crippen LogP contribution in [0.5, 0.6) is 0 Å². The number of fused-ring (bicyclic) bond motifs is 1. The number of hydrogen-bond acceptors (Lipinski definition) is 0. The zero-order valence-electron chi connectivity index (χ0n) is 23.1. The van der Waals surface area contributed by atoms with E-state index in [4.69, 9.17) is 0 Å². The van der Waals surface area contributed by atoms with Crippen LogP contribution in [0.2, 0.25) is 0 Å². The fourth-order valence-electron chi connectivity index (χ4n) is 6.37. The van der Waals surface area contributed by atoms with Gasteiger partial charge in [0.2, 0.25) is 0 Å². The molecule has 1 heteroatoms. The first-order valence-electron chi connectivity index (χ1n) is 14.4. The van der Waals surface area contributed by atoms with Gasteiger partial charge in [0.25, 0.3) is 0 Å². The second kappa shape index (κ2) is 11.5. The van der Waals surface area contributed by atoms with Crippen molar-refractivity contribution in [1.82, 2.24) is 0 Å². The van der Waals surface area contributed by atoms with Gasteiger partial charge in [-0.2, -0.15) is 0 Å². The van der Waals surface area contributed by atoms with Crippen molar-refractivity contribution < 1.29 is 4.39 Å². The van der Waals surface area contributed by atoms with Gasteiger partial charge in [0.1, 0.15) is 5.83 Å². The van der Waals surface area contributed by atoms with E-state index in [0.717, 1.165) is 30.4 Å². The summed E-state index contributed by atoms with van der Waals surface area (Å²) in [7, 11) is 0. The average Bonchev–Trinajstić information content (AvgIpc) is 3.04. The van der Waals surface area contributed by atoms with Crippen molar-refractivity contribution in [2.24, 2.45) is 0 Å². The topological polar surface area (TPSA) is 0 Å². The fraction of sp³-hybridized carbons (Fsp3) is 0.179. The van der Waals surface area contributed by atoms with E-state index in [-0.39, 0.29) is 11.2 Å². The summed E-state index contributed by atoms with van der Waals surface area (Å²) >= 11 is 0. The van der Waals surface area contributed by atoms with Crippen molar-refractivity contribution in [3.63, 3.8) is 0 Å². The zero-order valence-corrected chi connectivity index (χ0v) is 23.1.